The average Bonchev–Trinajstić information content (AvgIpc) is 4.15. The van der Waals surface area contributed by atoms with Crippen LogP contribution in [0.15, 0.2) is 77.3 Å². The lowest BCUT2D eigenvalue weighted by Gasteiger charge is -2.35. The first kappa shape index (κ1) is 55.9. The molecule has 6 N–H and O–H groups in total. The van der Waals surface area contributed by atoms with E-state index in [1.165, 1.54) is 4.90 Å². The number of β-amino-alcohol motifs (C(OH)–C–C–N with tert-alkyl or cyclic N) is 1. The van der Waals surface area contributed by atoms with Gasteiger partial charge < -0.3 is 45.9 Å². The van der Waals surface area contributed by atoms with Gasteiger partial charge in [-0.1, -0.05) is 45.0 Å². The third-order valence-electron chi connectivity index (χ3n) is 14.1. The van der Waals surface area contributed by atoms with E-state index < -0.39 is 47.9 Å². The molecule has 2 aliphatic rings. The van der Waals surface area contributed by atoms with E-state index >= 15 is 0 Å². The second-order valence-electron chi connectivity index (χ2n) is 21.3. The molecule has 3 atom stereocenters. The number of aromatic nitrogens is 5. The van der Waals surface area contributed by atoms with E-state index in [-0.39, 0.29) is 56.1 Å². The first-order chi connectivity index (χ1) is 36.7. The second-order valence-corrected chi connectivity index (χ2v) is 22.1. The molecule has 77 heavy (non-hydrogen) atoms. The summed E-state index contributed by atoms with van der Waals surface area (Å²) in [4.78, 5) is 98.7. The maximum Gasteiger partial charge on any atom is 0.253 e. The third kappa shape index (κ3) is 13.6. The van der Waals surface area contributed by atoms with Gasteiger partial charge in [0.1, 0.15) is 31.1 Å². The number of aromatic amines is 1. The number of aliphatic hydroxyl groups is 1. The molecule has 5 amide bonds. The van der Waals surface area contributed by atoms with Crippen LogP contribution < -0.4 is 31.7 Å². The summed E-state index contributed by atoms with van der Waals surface area (Å²) in [6.45, 7) is 18.5. The molecule has 2 fully saturated rings. The molecule has 4 aromatic heterocycles. The lowest BCUT2D eigenvalue weighted by molar-refractivity contribution is -0.145. The number of likely N-dealkylation sites (tertiary alicyclic amines) is 1. The topological polar surface area (TPSA) is 249 Å². The number of anilines is 1. The number of aryl methyl sites for hydroxylation is 3. The normalized spacial score (nSPS) is 16.4. The maximum atomic E-state index is 14.0. The quantitative estimate of drug-likeness (QED) is 0.0659. The zero-order chi connectivity index (χ0) is 55.1. The summed E-state index contributed by atoms with van der Waals surface area (Å²) in [7, 11) is 0. The van der Waals surface area contributed by atoms with Crippen molar-refractivity contribution in [1.29, 1.82) is 0 Å². The van der Waals surface area contributed by atoms with Gasteiger partial charge in [0.2, 0.25) is 23.6 Å². The van der Waals surface area contributed by atoms with Crippen LogP contribution in [-0.4, -0.2) is 146 Å². The van der Waals surface area contributed by atoms with E-state index in [0.717, 1.165) is 81.6 Å². The number of hydrogen-bond donors (Lipinski definition) is 6. The Morgan fingerprint density at radius 1 is 0.857 bits per heavy atom. The summed E-state index contributed by atoms with van der Waals surface area (Å²) in [5, 5.41) is 27.4. The van der Waals surface area contributed by atoms with Crippen molar-refractivity contribution in [2.45, 2.75) is 99.1 Å². The fourth-order valence-corrected chi connectivity index (χ4v) is 10.7. The van der Waals surface area contributed by atoms with Crippen LogP contribution in [0.2, 0.25) is 0 Å². The number of hydrogen-bond acceptors (Lipinski definition) is 14. The van der Waals surface area contributed by atoms with Crippen LogP contribution in [0.4, 0.5) is 5.82 Å². The highest BCUT2D eigenvalue weighted by molar-refractivity contribution is 7.13. The van der Waals surface area contributed by atoms with Crippen molar-refractivity contribution in [2.24, 2.45) is 5.41 Å². The van der Waals surface area contributed by atoms with Gasteiger partial charge in [-0.3, -0.25) is 38.3 Å². The Labute approximate surface area is 452 Å². The molecule has 0 unspecified atom stereocenters. The molecule has 21 heteroatoms. The number of fused-ring (bicyclic) bond motifs is 1. The molecule has 0 bridgehead atoms. The Kier molecular flexibility index (Phi) is 17.7. The number of nitrogens with zero attached hydrogens (tertiary/aromatic N) is 7. The smallest absolute Gasteiger partial charge is 0.253 e. The van der Waals surface area contributed by atoms with Gasteiger partial charge in [-0.15, -0.1) is 11.3 Å². The molecule has 0 aliphatic carbocycles. The van der Waals surface area contributed by atoms with Crippen LogP contribution in [0.25, 0.3) is 32.5 Å². The summed E-state index contributed by atoms with van der Waals surface area (Å²) in [5.41, 5.74) is 8.66. The van der Waals surface area contributed by atoms with E-state index in [9.17, 15) is 33.9 Å². The molecule has 0 spiro atoms. The predicted octanol–water partition coefficient (Wildman–Crippen LogP) is 4.41. The standard InChI is InChI=1S/C56H70N12O8S/c1-33(2)68-45-23-40(22-42(44(45)28-62-68)52(72)60-27-43-34(3)21-35(4)63-53(43)73)39-13-14-47(58-26-39)66-19-17-65(18-20-66)16-15-57-48(70)30-76-31-49(71)64-51(56(6,7)8)55(75)67-29-41(69)24-46(67)54(74)59-25-37-9-11-38(12-10-37)50-36(5)61-32-77-50/h9-14,21-23,26,28,32-33,41,46,51,69H,15-20,24-25,27,29-31H2,1-8H3,(H,57,70)(H,59,74)(H,60,72)(H,63,73)(H,64,71)/t41-,46+,51-/m1/s1. The largest absolute Gasteiger partial charge is 0.391 e. The molecule has 2 aliphatic heterocycles. The molecule has 6 aromatic rings. The number of thiazole rings is 1. The Bertz CT molecular complexity index is 3160. The summed E-state index contributed by atoms with van der Waals surface area (Å²) in [6, 6.07) is 15.6. The van der Waals surface area contributed by atoms with Crippen LogP contribution in [0, 0.1) is 26.2 Å². The van der Waals surface area contributed by atoms with Crippen molar-refractivity contribution in [3.05, 3.63) is 116 Å². The highest BCUT2D eigenvalue weighted by atomic mass is 32.1. The molecule has 2 saturated heterocycles. The Morgan fingerprint density at radius 3 is 2.25 bits per heavy atom. The number of carbonyl (C=O) groups excluding carboxylic acids is 5. The number of nitrogens with one attached hydrogen (secondary N) is 5. The Morgan fingerprint density at radius 2 is 1.58 bits per heavy atom. The number of aliphatic hydroxyl groups excluding tert-OH is 1. The summed E-state index contributed by atoms with van der Waals surface area (Å²) < 4.78 is 7.36. The van der Waals surface area contributed by atoms with Crippen molar-refractivity contribution in [2.75, 3.05) is 63.9 Å². The van der Waals surface area contributed by atoms with Crippen molar-refractivity contribution >= 4 is 57.6 Å². The Hall–Kier alpha value is -7.33. The van der Waals surface area contributed by atoms with E-state index in [1.54, 1.807) is 43.8 Å². The van der Waals surface area contributed by atoms with Gasteiger partial charge in [0, 0.05) is 99.8 Å². The number of ether oxygens (including phenoxy) is 1. The molecule has 0 radical (unpaired) electrons. The highest BCUT2D eigenvalue weighted by Gasteiger charge is 2.44. The number of benzene rings is 2. The summed E-state index contributed by atoms with van der Waals surface area (Å²) >= 11 is 1.56. The fourth-order valence-electron chi connectivity index (χ4n) is 9.84. The zero-order valence-corrected chi connectivity index (χ0v) is 45.9. The minimum absolute atomic E-state index is 0.0504. The fraction of sp³-hybridized carbons (Fsp3) is 0.446. The van der Waals surface area contributed by atoms with Crippen molar-refractivity contribution in [3.63, 3.8) is 0 Å². The number of amides is 5. The van der Waals surface area contributed by atoms with Crippen LogP contribution in [0.5, 0.6) is 0 Å². The first-order valence-corrected chi connectivity index (χ1v) is 26.9. The molecule has 8 rings (SSSR count). The van der Waals surface area contributed by atoms with Crippen LogP contribution in [0.3, 0.4) is 0 Å². The number of rotatable bonds is 19. The van der Waals surface area contributed by atoms with Crippen molar-refractivity contribution in [3.8, 4) is 21.6 Å². The number of carbonyl (C=O) groups is 5. The predicted molar refractivity (Wildman–Crippen MR) is 295 cm³/mol. The van der Waals surface area contributed by atoms with E-state index in [4.69, 9.17) is 9.72 Å². The van der Waals surface area contributed by atoms with Crippen molar-refractivity contribution < 1.29 is 33.8 Å². The Balaban J connectivity index is 0.766. The lowest BCUT2D eigenvalue weighted by atomic mass is 9.85. The SMILES string of the molecule is Cc1cc(C)c(CNC(=O)c2cc(-c3ccc(N4CCN(CCNC(=O)COCC(=O)N[C@H](C(=O)N5C[C@H](O)C[C@H]5C(=O)NCc5ccc(-c6scnc6C)cc5)C(C)(C)C)CC4)nc3)cc3c2cnn3C(C)C)c(=O)[nH]1. The van der Waals surface area contributed by atoms with Crippen LogP contribution in [-0.2, 0) is 37.0 Å². The van der Waals surface area contributed by atoms with E-state index in [1.807, 2.05) is 100 Å². The van der Waals surface area contributed by atoms with Gasteiger partial charge >= 0.3 is 0 Å². The first-order valence-electron chi connectivity index (χ1n) is 26.1. The van der Waals surface area contributed by atoms with Gasteiger partial charge in [0.05, 0.1) is 39.5 Å². The van der Waals surface area contributed by atoms with Gasteiger partial charge in [-0.25, -0.2) is 9.97 Å². The van der Waals surface area contributed by atoms with Gasteiger partial charge in [-0.05, 0) is 92.6 Å². The number of pyridine rings is 2. The van der Waals surface area contributed by atoms with Crippen LogP contribution >= 0.6 is 11.3 Å². The molecule has 6 heterocycles. The third-order valence-corrected chi connectivity index (χ3v) is 15.1. The van der Waals surface area contributed by atoms with Gasteiger partial charge in [0.15, 0.2) is 0 Å². The van der Waals surface area contributed by atoms with E-state index in [0.29, 0.717) is 29.6 Å². The molecule has 2 aromatic carbocycles. The minimum Gasteiger partial charge on any atom is -0.391 e. The molecule has 20 nitrogen and oxygen atoms in total. The summed E-state index contributed by atoms with van der Waals surface area (Å²) in [6.07, 6.45) is 2.67. The number of piperazine rings is 1. The monoisotopic (exact) mass is 1070 g/mol. The molecular weight excluding hydrogens is 1000 g/mol. The molecular formula is C56H70N12O8S. The average molecular weight is 1070 g/mol. The maximum absolute atomic E-state index is 14.0. The number of H-pyrrole nitrogens is 1. The highest BCUT2D eigenvalue weighted by Crippen LogP contribution is 2.32. The van der Waals surface area contributed by atoms with Gasteiger partial charge in [-0.2, -0.15) is 5.10 Å². The van der Waals surface area contributed by atoms with Crippen LogP contribution in [0.1, 0.15) is 85.5 Å². The molecule has 408 valence electrons. The van der Waals surface area contributed by atoms with E-state index in [2.05, 4.69) is 46.1 Å². The van der Waals surface area contributed by atoms with Crippen molar-refractivity contribution in [1.82, 2.24) is 55.8 Å². The lowest BCUT2D eigenvalue weighted by Crippen LogP contribution is -2.58. The minimum atomic E-state index is -1.04. The van der Waals surface area contributed by atoms with Gasteiger partial charge in [0.25, 0.3) is 11.5 Å². The second kappa shape index (κ2) is 24.3. The molecule has 0 saturated carbocycles. The summed E-state index contributed by atoms with van der Waals surface area (Å²) in [5.74, 6) is -1.37. The zero-order valence-electron chi connectivity index (χ0n) is 45.1.